The molecule has 0 saturated heterocycles. The minimum absolute atomic E-state index is 0.906. The van der Waals surface area contributed by atoms with Crippen molar-refractivity contribution in [2.45, 2.75) is 0 Å². The molecule has 0 fully saturated rings. The lowest BCUT2D eigenvalue weighted by molar-refractivity contribution is 0.673. The van der Waals surface area contributed by atoms with E-state index in [1.807, 2.05) is 0 Å². The van der Waals surface area contributed by atoms with E-state index in [-0.39, 0.29) is 0 Å². The van der Waals surface area contributed by atoms with Crippen LogP contribution in [0.15, 0.2) is 192 Å². The lowest BCUT2D eigenvalue weighted by Gasteiger charge is -2.26. The minimum atomic E-state index is 0.906. The van der Waals surface area contributed by atoms with E-state index in [9.17, 15) is 0 Å². The Morgan fingerprint density at radius 3 is 1.50 bits per heavy atom. The number of nitrogens with zero attached hydrogens (tertiary/aromatic N) is 1. The Bertz CT molecular complexity index is 2530. The van der Waals surface area contributed by atoms with Gasteiger partial charge in [-0.05, 0) is 99.4 Å². The van der Waals surface area contributed by atoms with Crippen molar-refractivity contribution in [1.29, 1.82) is 0 Å². The van der Waals surface area contributed by atoms with E-state index < -0.39 is 0 Å². The molecule has 9 rings (SSSR count). The van der Waals surface area contributed by atoms with Crippen LogP contribution in [0.5, 0.6) is 0 Å². The molecule has 1 heterocycles. The highest BCUT2D eigenvalue weighted by Crippen LogP contribution is 2.39. The summed E-state index contributed by atoms with van der Waals surface area (Å²) in [5.74, 6) is 0. The Balaban J connectivity index is 1.05. The standard InChI is InChI=1S/C46H31NO/c1-3-10-32(11-4-1)36-13-9-14-37(30-36)33-18-24-40(25-19-33)47(39-15-5-2-6-16-39)41-26-20-34(21-27-41)38-23-28-43-44-29-22-35-12-7-8-17-42(35)46(44)48-45(43)31-38/h1-31H. The summed E-state index contributed by atoms with van der Waals surface area (Å²) >= 11 is 0. The van der Waals surface area contributed by atoms with Crippen LogP contribution in [0.2, 0.25) is 0 Å². The fourth-order valence-corrected chi connectivity index (χ4v) is 6.82. The molecule has 0 atom stereocenters. The van der Waals surface area contributed by atoms with Crippen molar-refractivity contribution in [2.75, 3.05) is 4.90 Å². The van der Waals surface area contributed by atoms with Crippen LogP contribution in [0.3, 0.4) is 0 Å². The van der Waals surface area contributed by atoms with E-state index in [0.717, 1.165) is 55.5 Å². The Kier molecular flexibility index (Phi) is 6.84. The van der Waals surface area contributed by atoms with Crippen LogP contribution in [-0.2, 0) is 0 Å². The molecule has 0 saturated carbocycles. The molecule has 0 bridgehead atoms. The van der Waals surface area contributed by atoms with Gasteiger partial charge in [-0.15, -0.1) is 0 Å². The van der Waals surface area contributed by atoms with Gasteiger partial charge in [0.25, 0.3) is 0 Å². The third-order valence-corrected chi connectivity index (χ3v) is 9.27. The van der Waals surface area contributed by atoms with Gasteiger partial charge in [0.1, 0.15) is 11.2 Å². The van der Waals surface area contributed by atoms with Crippen molar-refractivity contribution >= 4 is 49.8 Å². The highest BCUT2D eigenvalue weighted by molar-refractivity contribution is 6.15. The molecular weight excluding hydrogens is 583 g/mol. The predicted octanol–water partition coefficient (Wildman–Crippen LogP) is 13.2. The number of benzene rings is 8. The molecule has 0 amide bonds. The molecule has 1 aromatic heterocycles. The highest BCUT2D eigenvalue weighted by atomic mass is 16.3. The van der Waals surface area contributed by atoms with Crippen molar-refractivity contribution in [2.24, 2.45) is 0 Å². The first-order chi connectivity index (χ1) is 23.8. The van der Waals surface area contributed by atoms with Gasteiger partial charge in [-0.3, -0.25) is 0 Å². The molecule has 0 N–H and O–H groups in total. The monoisotopic (exact) mass is 613 g/mol. The Labute approximate surface area is 279 Å². The molecule has 0 spiro atoms. The zero-order chi connectivity index (χ0) is 31.9. The average Bonchev–Trinajstić information content (AvgIpc) is 3.55. The molecule has 2 heteroatoms. The number of hydrogen-bond acceptors (Lipinski definition) is 2. The Morgan fingerprint density at radius 1 is 0.312 bits per heavy atom. The van der Waals surface area contributed by atoms with E-state index in [1.54, 1.807) is 0 Å². The molecule has 0 aliphatic heterocycles. The number of furan rings is 1. The molecule has 0 aliphatic carbocycles. The third-order valence-electron chi connectivity index (χ3n) is 9.27. The summed E-state index contributed by atoms with van der Waals surface area (Å²) in [5, 5.41) is 4.63. The summed E-state index contributed by atoms with van der Waals surface area (Å²) < 4.78 is 6.47. The summed E-state index contributed by atoms with van der Waals surface area (Å²) in [4.78, 5) is 2.31. The molecule has 2 nitrogen and oxygen atoms in total. The topological polar surface area (TPSA) is 16.4 Å². The van der Waals surface area contributed by atoms with E-state index in [2.05, 4.69) is 193 Å². The van der Waals surface area contributed by atoms with Gasteiger partial charge in [0.2, 0.25) is 0 Å². The second kappa shape index (κ2) is 11.8. The van der Waals surface area contributed by atoms with Gasteiger partial charge in [0, 0.05) is 33.2 Å². The normalized spacial score (nSPS) is 11.3. The average molecular weight is 614 g/mol. The Morgan fingerprint density at radius 2 is 0.812 bits per heavy atom. The van der Waals surface area contributed by atoms with Crippen molar-refractivity contribution in [3.63, 3.8) is 0 Å². The van der Waals surface area contributed by atoms with Gasteiger partial charge in [-0.1, -0.05) is 127 Å². The van der Waals surface area contributed by atoms with Crippen molar-refractivity contribution in [1.82, 2.24) is 0 Å². The van der Waals surface area contributed by atoms with Crippen LogP contribution < -0.4 is 4.90 Å². The molecule has 48 heavy (non-hydrogen) atoms. The quantitative estimate of drug-likeness (QED) is 0.185. The van der Waals surface area contributed by atoms with Crippen molar-refractivity contribution in [3.05, 3.63) is 188 Å². The molecule has 0 unspecified atom stereocenters. The zero-order valence-corrected chi connectivity index (χ0v) is 26.3. The predicted molar refractivity (Wildman–Crippen MR) is 202 cm³/mol. The summed E-state index contributed by atoms with van der Waals surface area (Å²) in [6.45, 7) is 0. The van der Waals surface area contributed by atoms with Gasteiger partial charge in [-0.25, -0.2) is 0 Å². The Hall–Kier alpha value is -6.38. The number of anilines is 3. The zero-order valence-electron chi connectivity index (χ0n) is 26.3. The van der Waals surface area contributed by atoms with E-state index >= 15 is 0 Å². The number of hydrogen-bond donors (Lipinski definition) is 0. The summed E-state index contributed by atoms with van der Waals surface area (Å²) in [6.07, 6.45) is 0. The second-order valence-corrected chi connectivity index (χ2v) is 12.2. The van der Waals surface area contributed by atoms with Gasteiger partial charge >= 0.3 is 0 Å². The van der Waals surface area contributed by atoms with Crippen molar-refractivity contribution in [3.8, 4) is 33.4 Å². The maximum atomic E-state index is 6.47. The molecule has 0 radical (unpaired) electrons. The first-order valence-electron chi connectivity index (χ1n) is 16.3. The van der Waals surface area contributed by atoms with Gasteiger partial charge in [-0.2, -0.15) is 0 Å². The third kappa shape index (κ3) is 5.01. The lowest BCUT2D eigenvalue weighted by Crippen LogP contribution is -2.09. The summed E-state index contributed by atoms with van der Waals surface area (Å²) in [5.41, 5.74) is 12.3. The van der Waals surface area contributed by atoms with E-state index in [4.69, 9.17) is 4.42 Å². The maximum absolute atomic E-state index is 6.47. The largest absolute Gasteiger partial charge is 0.455 e. The van der Waals surface area contributed by atoms with Crippen LogP contribution >= 0.6 is 0 Å². The number of rotatable bonds is 6. The molecule has 226 valence electrons. The van der Waals surface area contributed by atoms with Gasteiger partial charge in [0.05, 0.1) is 0 Å². The van der Waals surface area contributed by atoms with Crippen molar-refractivity contribution < 1.29 is 4.42 Å². The molecule has 9 aromatic rings. The first-order valence-corrected chi connectivity index (χ1v) is 16.3. The number of fused-ring (bicyclic) bond motifs is 5. The second-order valence-electron chi connectivity index (χ2n) is 12.2. The molecular formula is C46H31NO. The minimum Gasteiger partial charge on any atom is -0.455 e. The smallest absolute Gasteiger partial charge is 0.143 e. The van der Waals surface area contributed by atoms with Crippen LogP contribution in [-0.4, -0.2) is 0 Å². The van der Waals surface area contributed by atoms with E-state index in [1.165, 1.54) is 27.6 Å². The van der Waals surface area contributed by atoms with Gasteiger partial charge in [0.15, 0.2) is 0 Å². The van der Waals surface area contributed by atoms with Crippen LogP contribution in [0.4, 0.5) is 17.1 Å². The fourth-order valence-electron chi connectivity index (χ4n) is 6.82. The first kappa shape index (κ1) is 27.9. The molecule has 0 aliphatic rings. The molecule has 8 aromatic carbocycles. The van der Waals surface area contributed by atoms with Crippen LogP contribution in [0.1, 0.15) is 0 Å². The SMILES string of the molecule is c1ccc(-c2cccc(-c3ccc(N(c4ccccc4)c4ccc(-c5ccc6c(c5)oc5c7ccccc7ccc65)cc4)cc3)c2)cc1. The highest BCUT2D eigenvalue weighted by Gasteiger charge is 2.15. The summed E-state index contributed by atoms with van der Waals surface area (Å²) in [7, 11) is 0. The fraction of sp³-hybridized carbons (Fsp3) is 0. The summed E-state index contributed by atoms with van der Waals surface area (Å²) in [6, 6.07) is 66.8. The lowest BCUT2D eigenvalue weighted by atomic mass is 9.99. The van der Waals surface area contributed by atoms with Gasteiger partial charge < -0.3 is 9.32 Å². The van der Waals surface area contributed by atoms with E-state index in [0.29, 0.717) is 0 Å². The maximum Gasteiger partial charge on any atom is 0.143 e. The van der Waals surface area contributed by atoms with Crippen LogP contribution in [0.25, 0.3) is 66.1 Å². The van der Waals surface area contributed by atoms with Crippen LogP contribution in [0, 0.1) is 0 Å². The number of para-hydroxylation sites is 1.